The molecular weight excluding hydrogens is 392 g/mol. The van der Waals surface area contributed by atoms with Gasteiger partial charge in [0.15, 0.2) is 0 Å². The molecule has 2 aromatic carbocycles. The lowest BCUT2D eigenvalue weighted by atomic mass is 9.91. The molecule has 164 valence electrons. The number of carbonyl (C=O) groups excluding carboxylic acids is 3. The van der Waals surface area contributed by atoms with Crippen LogP contribution >= 0.6 is 0 Å². The van der Waals surface area contributed by atoms with Crippen molar-refractivity contribution >= 4 is 17.8 Å². The minimum atomic E-state index is -1.07. The second-order valence-electron chi connectivity index (χ2n) is 8.17. The third-order valence-electron chi connectivity index (χ3n) is 5.62. The fraction of sp³-hybridized carbons (Fsp3) is 0.375. The summed E-state index contributed by atoms with van der Waals surface area (Å²) >= 11 is 0. The Morgan fingerprint density at radius 1 is 1.06 bits per heavy atom. The molecule has 7 nitrogen and oxygen atoms in total. The van der Waals surface area contributed by atoms with Crippen LogP contribution in [0.15, 0.2) is 48.5 Å². The molecule has 0 aromatic heterocycles. The van der Waals surface area contributed by atoms with Gasteiger partial charge in [0.1, 0.15) is 5.54 Å². The number of imide groups is 1. The van der Waals surface area contributed by atoms with Gasteiger partial charge < -0.3 is 10.6 Å². The number of nitrogens with one attached hydrogen (secondary N) is 2. The molecule has 2 aromatic rings. The van der Waals surface area contributed by atoms with Crippen LogP contribution in [0.3, 0.4) is 0 Å². The van der Waals surface area contributed by atoms with Gasteiger partial charge >= 0.3 is 6.03 Å². The van der Waals surface area contributed by atoms with E-state index < -0.39 is 11.6 Å². The van der Waals surface area contributed by atoms with E-state index in [2.05, 4.69) is 17.6 Å². The molecule has 1 atom stereocenters. The van der Waals surface area contributed by atoms with Gasteiger partial charge in [-0.2, -0.15) is 0 Å². The third-order valence-corrected chi connectivity index (χ3v) is 5.62. The number of rotatable bonds is 8. The first-order chi connectivity index (χ1) is 14.8. The zero-order chi connectivity index (χ0) is 22.6. The highest BCUT2D eigenvalue weighted by atomic mass is 16.2. The second kappa shape index (κ2) is 9.31. The molecule has 1 heterocycles. The molecular formula is C24H30N4O3. The standard InChI is InChI=1S/C24H30N4O3/c1-5-6-17-9-13-20(14-10-17)24(2)22(30)28(23(31)26-24)16-27(4)15-18-7-11-19(12-8-18)21(29)25-3/h7-14H,5-6,15-16H2,1-4H3,(H,25,29)(H,26,31)/t24-/m0/s1. The van der Waals surface area contributed by atoms with Gasteiger partial charge in [-0.15, -0.1) is 0 Å². The Morgan fingerprint density at radius 2 is 1.68 bits per heavy atom. The van der Waals surface area contributed by atoms with Crippen molar-refractivity contribution in [3.63, 3.8) is 0 Å². The Bertz CT molecular complexity index is 956. The van der Waals surface area contributed by atoms with Crippen LogP contribution in [0.4, 0.5) is 4.79 Å². The number of nitrogens with zero attached hydrogens (tertiary/aromatic N) is 2. The maximum Gasteiger partial charge on any atom is 0.326 e. The van der Waals surface area contributed by atoms with Gasteiger partial charge in [0.2, 0.25) is 0 Å². The molecule has 1 saturated heterocycles. The van der Waals surface area contributed by atoms with Crippen LogP contribution < -0.4 is 10.6 Å². The highest BCUT2D eigenvalue weighted by molar-refractivity contribution is 6.07. The van der Waals surface area contributed by atoms with Gasteiger partial charge in [0, 0.05) is 19.2 Å². The quantitative estimate of drug-likeness (QED) is 0.641. The van der Waals surface area contributed by atoms with E-state index in [1.807, 2.05) is 48.3 Å². The van der Waals surface area contributed by atoms with Crippen LogP contribution in [0.1, 0.15) is 47.3 Å². The molecule has 7 heteroatoms. The monoisotopic (exact) mass is 422 g/mol. The predicted molar refractivity (Wildman–Crippen MR) is 119 cm³/mol. The topological polar surface area (TPSA) is 81.8 Å². The molecule has 0 saturated carbocycles. The van der Waals surface area contributed by atoms with Crippen molar-refractivity contribution in [3.05, 3.63) is 70.8 Å². The summed E-state index contributed by atoms with van der Waals surface area (Å²) in [6.45, 7) is 4.58. The highest BCUT2D eigenvalue weighted by Gasteiger charge is 2.49. The minimum absolute atomic E-state index is 0.138. The van der Waals surface area contributed by atoms with E-state index in [1.165, 1.54) is 10.5 Å². The number of aryl methyl sites for hydroxylation is 1. The van der Waals surface area contributed by atoms with Crippen LogP contribution in [0.2, 0.25) is 0 Å². The summed E-state index contributed by atoms with van der Waals surface area (Å²) in [7, 11) is 3.44. The summed E-state index contributed by atoms with van der Waals surface area (Å²) in [6, 6.07) is 14.7. The van der Waals surface area contributed by atoms with Crippen LogP contribution in [-0.4, -0.2) is 48.4 Å². The van der Waals surface area contributed by atoms with Crippen LogP contribution in [0, 0.1) is 0 Å². The van der Waals surface area contributed by atoms with E-state index in [-0.39, 0.29) is 18.5 Å². The van der Waals surface area contributed by atoms with E-state index in [4.69, 9.17) is 0 Å². The fourth-order valence-corrected chi connectivity index (χ4v) is 3.82. The molecule has 2 N–H and O–H groups in total. The number of benzene rings is 2. The number of hydrogen-bond acceptors (Lipinski definition) is 4. The van der Waals surface area contributed by atoms with Gasteiger partial charge in [-0.3, -0.25) is 14.5 Å². The van der Waals surface area contributed by atoms with E-state index in [9.17, 15) is 14.4 Å². The van der Waals surface area contributed by atoms with E-state index in [0.29, 0.717) is 12.1 Å². The maximum atomic E-state index is 13.2. The van der Waals surface area contributed by atoms with Gasteiger partial charge in [0.25, 0.3) is 11.8 Å². The van der Waals surface area contributed by atoms with E-state index >= 15 is 0 Å². The van der Waals surface area contributed by atoms with Crippen molar-refractivity contribution in [1.29, 1.82) is 0 Å². The number of hydrogen-bond donors (Lipinski definition) is 2. The Hall–Kier alpha value is -3.19. The average Bonchev–Trinajstić information content (AvgIpc) is 2.98. The molecule has 0 unspecified atom stereocenters. The fourth-order valence-electron chi connectivity index (χ4n) is 3.82. The molecule has 1 fully saturated rings. The van der Waals surface area contributed by atoms with E-state index in [1.54, 1.807) is 26.1 Å². The molecule has 4 amide bonds. The van der Waals surface area contributed by atoms with Gasteiger partial charge in [-0.05, 0) is 49.2 Å². The third kappa shape index (κ3) is 4.77. The van der Waals surface area contributed by atoms with Crippen molar-refractivity contribution in [2.45, 2.75) is 38.8 Å². The van der Waals surface area contributed by atoms with Gasteiger partial charge in [0.05, 0.1) is 6.67 Å². The number of amides is 4. The first-order valence-electron chi connectivity index (χ1n) is 10.5. The molecule has 1 aliphatic heterocycles. The Labute approximate surface area is 183 Å². The molecule has 0 bridgehead atoms. The normalized spacial score (nSPS) is 18.4. The molecule has 1 aliphatic rings. The zero-order valence-corrected chi connectivity index (χ0v) is 18.6. The second-order valence-corrected chi connectivity index (χ2v) is 8.17. The molecule has 3 rings (SSSR count). The van der Waals surface area contributed by atoms with Crippen LogP contribution in [0.5, 0.6) is 0 Å². The molecule has 0 spiro atoms. The first-order valence-corrected chi connectivity index (χ1v) is 10.5. The molecule has 0 aliphatic carbocycles. The SMILES string of the molecule is CCCc1ccc([C@]2(C)NC(=O)N(CN(C)Cc3ccc(C(=O)NC)cc3)C2=O)cc1. The summed E-state index contributed by atoms with van der Waals surface area (Å²) in [5, 5.41) is 5.45. The van der Waals surface area contributed by atoms with Crippen molar-refractivity contribution in [2.24, 2.45) is 0 Å². The summed E-state index contributed by atoms with van der Waals surface area (Å²) < 4.78 is 0. The van der Waals surface area contributed by atoms with Crippen molar-refractivity contribution in [3.8, 4) is 0 Å². The van der Waals surface area contributed by atoms with Crippen LogP contribution in [-0.2, 0) is 23.3 Å². The average molecular weight is 423 g/mol. The van der Waals surface area contributed by atoms with Gasteiger partial charge in [-0.1, -0.05) is 49.7 Å². The van der Waals surface area contributed by atoms with Gasteiger partial charge in [-0.25, -0.2) is 9.69 Å². The molecule has 0 radical (unpaired) electrons. The minimum Gasteiger partial charge on any atom is -0.355 e. The number of carbonyl (C=O) groups is 3. The largest absolute Gasteiger partial charge is 0.355 e. The highest BCUT2D eigenvalue weighted by Crippen LogP contribution is 2.29. The summed E-state index contributed by atoms with van der Waals surface area (Å²) in [4.78, 5) is 40.6. The van der Waals surface area contributed by atoms with Crippen molar-refractivity contribution in [1.82, 2.24) is 20.4 Å². The lowest BCUT2D eigenvalue weighted by Crippen LogP contribution is -2.42. The van der Waals surface area contributed by atoms with Crippen molar-refractivity contribution in [2.75, 3.05) is 20.8 Å². The predicted octanol–water partition coefficient (Wildman–Crippen LogP) is 2.86. The zero-order valence-electron chi connectivity index (χ0n) is 18.6. The van der Waals surface area contributed by atoms with E-state index in [0.717, 1.165) is 24.0 Å². The Morgan fingerprint density at radius 3 is 2.26 bits per heavy atom. The van der Waals surface area contributed by atoms with Crippen molar-refractivity contribution < 1.29 is 14.4 Å². The Balaban J connectivity index is 1.67. The summed E-state index contributed by atoms with van der Waals surface area (Å²) in [6.07, 6.45) is 2.04. The smallest absolute Gasteiger partial charge is 0.326 e. The lowest BCUT2D eigenvalue weighted by molar-refractivity contribution is -0.132. The number of urea groups is 1. The summed E-state index contributed by atoms with van der Waals surface area (Å²) in [5.74, 6) is -0.399. The summed E-state index contributed by atoms with van der Waals surface area (Å²) in [5.41, 5.74) is 2.49. The first kappa shape index (κ1) is 22.5. The lowest BCUT2D eigenvalue weighted by Gasteiger charge is -2.25. The Kier molecular flexibility index (Phi) is 6.75. The maximum absolute atomic E-state index is 13.2. The molecule has 31 heavy (non-hydrogen) atoms. The van der Waals surface area contributed by atoms with Crippen LogP contribution in [0.25, 0.3) is 0 Å².